The fourth-order valence-corrected chi connectivity index (χ4v) is 12.9. The Bertz CT molecular complexity index is 912. The Morgan fingerprint density at radius 1 is 0.233 bits per heavy atom. The van der Waals surface area contributed by atoms with Crippen molar-refractivity contribution in [2.24, 2.45) is 11.8 Å². The van der Waals surface area contributed by atoms with Crippen molar-refractivity contribution in [3.8, 4) is 0 Å². The molecule has 2 nitrogen and oxygen atoms in total. The molecule has 1 rings (SSSR count). The molecule has 0 spiro atoms. The Balaban J connectivity index is 2.58. The van der Waals surface area contributed by atoms with E-state index in [1.165, 1.54) is 385 Å². The highest BCUT2D eigenvalue weighted by Crippen LogP contribution is 2.29. The van der Waals surface area contributed by atoms with Crippen LogP contribution in [0.4, 0.5) is 0 Å². The largest absolute Gasteiger partial charge is 0.362 e. The van der Waals surface area contributed by atoms with E-state index in [-0.39, 0.29) is 0 Å². The van der Waals surface area contributed by atoms with Crippen LogP contribution in [0.2, 0.25) is 0 Å². The highest BCUT2D eigenvalue weighted by Gasteiger charge is 2.20. The molecule has 0 saturated heterocycles. The average Bonchev–Trinajstić information content (AvgIpc) is 3.84. The number of hydrogen-bond acceptors (Lipinski definition) is 2. The molecule has 73 heavy (non-hydrogen) atoms. The van der Waals surface area contributed by atoms with E-state index >= 15 is 0 Å². The van der Waals surface area contributed by atoms with Crippen molar-refractivity contribution in [1.29, 1.82) is 0 Å². The number of nitrogens with zero attached hydrogens (tertiary/aromatic N) is 2. The summed E-state index contributed by atoms with van der Waals surface area (Å²) in [5, 5.41) is 0. The fourth-order valence-electron chi connectivity index (χ4n) is 12.9. The summed E-state index contributed by atoms with van der Waals surface area (Å²) >= 11 is 0. The second-order valence-electron chi connectivity index (χ2n) is 25.4. The van der Waals surface area contributed by atoms with Gasteiger partial charge in [-0.25, -0.2) is 0 Å². The van der Waals surface area contributed by atoms with E-state index in [2.05, 4.69) is 56.9 Å². The lowest BCUT2D eigenvalue weighted by atomic mass is 9.88. The van der Waals surface area contributed by atoms with Crippen LogP contribution in [0.1, 0.15) is 413 Å². The van der Waals surface area contributed by atoms with E-state index in [0.29, 0.717) is 0 Å². The molecule has 0 atom stereocenters. The lowest BCUT2D eigenvalue weighted by Gasteiger charge is -2.29. The first-order valence-electron chi connectivity index (χ1n) is 35.3. The Hall–Kier alpha value is -0.660. The standard InChI is InChI=1S/C71H142N2/c1-6-10-14-18-22-26-30-34-38-42-46-50-58-69(59-51-47-43-39-35-31-27-23-19-15-11-7-2)62-54-56-64-71(73-67-66-72(5)68-73)65-57-55-63-70(60-52-48-44-40-36-32-28-24-20-16-12-8-3)61-53-49-45-41-37-33-29-25-21-17-13-9-4/h66-67,69-71H,6-65,68H2,1-5H3. The molecule has 0 amide bonds. The molecule has 1 aliphatic rings. The van der Waals surface area contributed by atoms with Crippen LogP contribution in [0.3, 0.4) is 0 Å². The Kier molecular flexibility index (Phi) is 56.9. The van der Waals surface area contributed by atoms with Crippen LogP contribution < -0.4 is 0 Å². The summed E-state index contributed by atoms with van der Waals surface area (Å²) in [5.74, 6) is 1.96. The van der Waals surface area contributed by atoms with E-state index in [4.69, 9.17) is 0 Å². The summed E-state index contributed by atoms with van der Waals surface area (Å²) in [6.45, 7) is 10.4. The third-order valence-corrected chi connectivity index (χ3v) is 18.0. The van der Waals surface area contributed by atoms with Crippen LogP contribution in [0.25, 0.3) is 0 Å². The quantitative estimate of drug-likeness (QED) is 0.0560. The number of hydrogen-bond donors (Lipinski definition) is 0. The zero-order valence-electron chi connectivity index (χ0n) is 51.9. The van der Waals surface area contributed by atoms with E-state index in [1.54, 1.807) is 0 Å². The van der Waals surface area contributed by atoms with E-state index in [0.717, 1.165) is 24.5 Å². The highest BCUT2D eigenvalue weighted by atomic mass is 15.3. The Morgan fingerprint density at radius 3 is 0.603 bits per heavy atom. The summed E-state index contributed by atoms with van der Waals surface area (Å²) in [6, 6.07) is 0.735. The maximum Gasteiger partial charge on any atom is 0.0893 e. The van der Waals surface area contributed by atoms with Crippen LogP contribution in [0.15, 0.2) is 12.4 Å². The predicted molar refractivity (Wildman–Crippen MR) is 334 cm³/mol. The van der Waals surface area contributed by atoms with Crippen LogP contribution in [-0.4, -0.2) is 29.6 Å². The third-order valence-electron chi connectivity index (χ3n) is 18.0. The monoisotopic (exact) mass is 1020 g/mol. The van der Waals surface area contributed by atoms with E-state index < -0.39 is 0 Å². The molecule has 0 saturated carbocycles. The molecular weight excluding hydrogens is 881 g/mol. The second-order valence-corrected chi connectivity index (χ2v) is 25.4. The normalized spacial score (nSPS) is 12.9. The number of rotatable bonds is 63. The first-order chi connectivity index (χ1) is 36.1. The summed E-state index contributed by atoms with van der Waals surface area (Å²) in [7, 11) is 2.28. The predicted octanol–water partition coefficient (Wildman–Crippen LogP) is 25.7. The van der Waals surface area contributed by atoms with Gasteiger partial charge in [-0.3, -0.25) is 0 Å². The van der Waals surface area contributed by atoms with Crippen molar-refractivity contribution < 1.29 is 0 Å². The van der Waals surface area contributed by atoms with Crippen molar-refractivity contribution in [2.75, 3.05) is 13.7 Å². The molecule has 1 heterocycles. The van der Waals surface area contributed by atoms with Gasteiger partial charge >= 0.3 is 0 Å². The van der Waals surface area contributed by atoms with Gasteiger partial charge in [0.15, 0.2) is 0 Å². The lowest BCUT2D eigenvalue weighted by Crippen LogP contribution is -2.33. The fraction of sp³-hybridized carbons (Fsp3) is 0.972. The molecular formula is C71H142N2. The van der Waals surface area contributed by atoms with E-state index in [9.17, 15) is 0 Å². The van der Waals surface area contributed by atoms with E-state index in [1.807, 2.05) is 0 Å². The van der Waals surface area contributed by atoms with Gasteiger partial charge in [-0.15, -0.1) is 0 Å². The van der Waals surface area contributed by atoms with Gasteiger partial charge in [-0.2, -0.15) is 0 Å². The molecule has 436 valence electrons. The van der Waals surface area contributed by atoms with Crippen molar-refractivity contribution >= 4 is 0 Å². The smallest absolute Gasteiger partial charge is 0.0893 e. The summed E-state index contributed by atoms with van der Waals surface area (Å²) in [6.07, 6.45) is 93.0. The maximum absolute atomic E-state index is 2.73. The minimum Gasteiger partial charge on any atom is -0.362 e. The lowest BCUT2D eigenvalue weighted by molar-refractivity contribution is 0.201. The molecule has 0 aromatic heterocycles. The third kappa shape index (κ3) is 50.6. The second kappa shape index (κ2) is 59.0. The van der Waals surface area contributed by atoms with Crippen molar-refractivity contribution in [2.45, 2.75) is 419 Å². The van der Waals surface area contributed by atoms with Crippen molar-refractivity contribution in [3.63, 3.8) is 0 Å². The van der Waals surface area contributed by atoms with Gasteiger partial charge in [0.05, 0.1) is 6.67 Å². The molecule has 2 heteroatoms. The molecule has 0 radical (unpaired) electrons. The van der Waals surface area contributed by atoms with Gasteiger partial charge in [0, 0.05) is 25.5 Å². The molecule has 0 fully saturated rings. The topological polar surface area (TPSA) is 6.48 Å². The highest BCUT2D eigenvalue weighted by molar-refractivity contribution is 4.92. The zero-order valence-corrected chi connectivity index (χ0v) is 51.9. The van der Waals surface area contributed by atoms with Crippen LogP contribution in [-0.2, 0) is 0 Å². The summed E-state index contributed by atoms with van der Waals surface area (Å²) < 4.78 is 0. The first-order valence-corrected chi connectivity index (χ1v) is 35.3. The van der Waals surface area contributed by atoms with Crippen LogP contribution >= 0.6 is 0 Å². The van der Waals surface area contributed by atoms with Gasteiger partial charge in [-0.1, -0.05) is 400 Å². The number of unbranched alkanes of at least 4 members (excludes halogenated alkanes) is 46. The molecule has 0 aliphatic carbocycles. The van der Waals surface area contributed by atoms with Gasteiger partial charge in [-0.05, 0) is 24.7 Å². The minimum atomic E-state index is 0.735. The van der Waals surface area contributed by atoms with Crippen LogP contribution in [0, 0.1) is 11.8 Å². The van der Waals surface area contributed by atoms with Crippen molar-refractivity contribution in [1.82, 2.24) is 9.80 Å². The zero-order chi connectivity index (χ0) is 52.4. The SMILES string of the molecule is CCCCCCCCCCCCCCC(CCCCCCCCCCCCCC)CCCCC(CCCCC(CCCCCCCCCCCCCC)CCCCCCCCCCCCCC)N1C=CN(C)C1. The van der Waals surface area contributed by atoms with Gasteiger partial charge in [0.2, 0.25) is 0 Å². The summed E-state index contributed by atoms with van der Waals surface area (Å²) in [4.78, 5) is 5.14. The van der Waals surface area contributed by atoms with Crippen LogP contribution in [0.5, 0.6) is 0 Å². The molecule has 1 aliphatic heterocycles. The van der Waals surface area contributed by atoms with Crippen molar-refractivity contribution in [3.05, 3.63) is 12.4 Å². The van der Waals surface area contributed by atoms with Gasteiger partial charge in [0.1, 0.15) is 0 Å². The Morgan fingerprint density at radius 2 is 0.411 bits per heavy atom. The average molecular weight is 1020 g/mol. The molecule has 0 aromatic carbocycles. The summed E-state index contributed by atoms with van der Waals surface area (Å²) in [5.41, 5.74) is 0. The van der Waals surface area contributed by atoms with Gasteiger partial charge < -0.3 is 9.80 Å². The molecule has 0 unspecified atom stereocenters. The molecule has 0 bridgehead atoms. The first kappa shape index (κ1) is 70.4. The Labute approximate surface area is 464 Å². The van der Waals surface area contributed by atoms with Gasteiger partial charge in [0.25, 0.3) is 0 Å². The maximum atomic E-state index is 2.73. The molecule has 0 aromatic rings. The molecule has 0 N–H and O–H groups in total. The minimum absolute atomic E-state index is 0.735.